The van der Waals surface area contributed by atoms with Gasteiger partial charge in [0.1, 0.15) is 6.33 Å². The van der Waals surface area contributed by atoms with Crippen LogP contribution in [-0.4, -0.2) is 57.3 Å². The first-order valence-electron chi connectivity index (χ1n) is 7.84. The molecule has 3 heterocycles. The lowest BCUT2D eigenvalue weighted by Gasteiger charge is -2.44. The number of piperidine rings is 1. The van der Waals surface area contributed by atoms with Crippen molar-refractivity contribution < 1.29 is 9.53 Å². The largest absolute Gasteiger partial charge is 0.381 e. The van der Waals surface area contributed by atoms with Gasteiger partial charge in [0.05, 0.1) is 0 Å². The highest BCUT2D eigenvalue weighted by Crippen LogP contribution is 2.40. The van der Waals surface area contributed by atoms with Crippen LogP contribution in [0.5, 0.6) is 0 Å². The molecule has 0 N–H and O–H groups in total. The van der Waals surface area contributed by atoms with Gasteiger partial charge in [0.15, 0.2) is 0 Å². The number of hydrogen-bond donors (Lipinski definition) is 0. The number of amides is 1. The summed E-state index contributed by atoms with van der Waals surface area (Å²) >= 11 is 0. The van der Waals surface area contributed by atoms with Gasteiger partial charge in [-0.05, 0) is 47.9 Å². The van der Waals surface area contributed by atoms with Crippen LogP contribution in [0.25, 0.3) is 0 Å². The van der Waals surface area contributed by atoms with Crippen LogP contribution in [0.4, 0.5) is 0 Å². The van der Waals surface area contributed by atoms with Crippen LogP contribution in [0.15, 0.2) is 6.33 Å². The number of carbonyl (C=O) groups is 1. The van der Waals surface area contributed by atoms with E-state index in [-0.39, 0.29) is 5.91 Å². The highest BCUT2D eigenvalue weighted by atomic mass is 16.5. The van der Waals surface area contributed by atoms with E-state index < -0.39 is 0 Å². The quantitative estimate of drug-likeness (QED) is 0.823. The molecule has 116 valence electrons. The minimum Gasteiger partial charge on any atom is -0.381 e. The first-order chi connectivity index (χ1) is 10.3. The van der Waals surface area contributed by atoms with E-state index in [9.17, 15) is 4.79 Å². The van der Waals surface area contributed by atoms with Crippen LogP contribution in [0.1, 0.15) is 38.5 Å². The molecule has 0 unspecified atom stereocenters. The van der Waals surface area contributed by atoms with Crippen LogP contribution in [-0.2, 0) is 16.1 Å². The SMILES string of the molecule is O=C(CCCn1cnnn1)N1CCC2(CCOCC2)CC1. The Morgan fingerprint density at radius 3 is 2.62 bits per heavy atom. The molecule has 7 heteroatoms. The van der Waals surface area contributed by atoms with Crippen molar-refractivity contribution in [2.75, 3.05) is 26.3 Å². The standard InChI is InChI=1S/C14H23N5O2/c20-13(2-1-7-19-12-15-16-17-19)18-8-3-14(4-9-18)5-10-21-11-6-14/h12H,1-11H2. The van der Waals surface area contributed by atoms with Crippen molar-refractivity contribution in [2.45, 2.75) is 45.1 Å². The predicted octanol–water partition coefficient (Wildman–Crippen LogP) is 0.872. The third-order valence-corrected chi connectivity index (χ3v) is 4.90. The fourth-order valence-corrected chi connectivity index (χ4v) is 3.37. The molecule has 0 aromatic carbocycles. The van der Waals surface area contributed by atoms with Crippen LogP contribution in [0.3, 0.4) is 0 Å². The number of likely N-dealkylation sites (tertiary alicyclic amines) is 1. The number of aromatic nitrogens is 4. The third-order valence-electron chi connectivity index (χ3n) is 4.90. The Hall–Kier alpha value is -1.50. The van der Waals surface area contributed by atoms with Crippen molar-refractivity contribution in [2.24, 2.45) is 5.41 Å². The fourth-order valence-electron chi connectivity index (χ4n) is 3.37. The maximum absolute atomic E-state index is 12.2. The Morgan fingerprint density at radius 1 is 1.19 bits per heavy atom. The molecular formula is C14H23N5O2. The van der Waals surface area contributed by atoms with Crippen LogP contribution >= 0.6 is 0 Å². The van der Waals surface area contributed by atoms with Crippen LogP contribution in [0.2, 0.25) is 0 Å². The zero-order chi connectivity index (χ0) is 14.5. The highest BCUT2D eigenvalue weighted by Gasteiger charge is 2.36. The Balaban J connectivity index is 1.40. The van der Waals surface area contributed by atoms with Gasteiger partial charge in [-0.1, -0.05) is 0 Å². The highest BCUT2D eigenvalue weighted by molar-refractivity contribution is 5.76. The molecule has 0 bridgehead atoms. The first-order valence-corrected chi connectivity index (χ1v) is 7.84. The predicted molar refractivity (Wildman–Crippen MR) is 75.4 cm³/mol. The molecule has 2 fully saturated rings. The van der Waals surface area contributed by atoms with E-state index in [0.717, 1.165) is 58.4 Å². The van der Waals surface area contributed by atoms with Crippen molar-refractivity contribution in [3.63, 3.8) is 0 Å². The van der Waals surface area contributed by atoms with Gasteiger partial charge in [-0.2, -0.15) is 0 Å². The molecule has 1 amide bonds. The molecule has 7 nitrogen and oxygen atoms in total. The molecule has 3 rings (SSSR count). The van der Waals surface area contributed by atoms with Gasteiger partial charge in [0.25, 0.3) is 0 Å². The molecule has 1 aromatic heterocycles. The third kappa shape index (κ3) is 3.58. The van der Waals surface area contributed by atoms with Gasteiger partial charge in [-0.3, -0.25) is 4.79 Å². The van der Waals surface area contributed by atoms with E-state index in [2.05, 4.69) is 15.5 Å². The minimum atomic E-state index is 0.269. The van der Waals surface area contributed by atoms with E-state index in [1.165, 1.54) is 0 Å². The number of rotatable bonds is 4. The second kappa shape index (κ2) is 6.51. The second-order valence-electron chi connectivity index (χ2n) is 6.17. The molecule has 0 radical (unpaired) electrons. The van der Waals surface area contributed by atoms with E-state index in [1.54, 1.807) is 11.0 Å². The lowest BCUT2D eigenvalue weighted by molar-refractivity contribution is -0.134. The summed E-state index contributed by atoms with van der Waals surface area (Å²) in [5.41, 5.74) is 0.446. The minimum absolute atomic E-state index is 0.269. The van der Waals surface area contributed by atoms with E-state index in [1.807, 2.05) is 4.90 Å². The molecule has 1 aromatic rings. The molecule has 21 heavy (non-hydrogen) atoms. The first kappa shape index (κ1) is 14.4. The lowest BCUT2D eigenvalue weighted by Crippen LogP contribution is -2.45. The molecule has 0 saturated carbocycles. The van der Waals surface area contributed by atoms with Crippen molar-refractivity contribution in [3.05, 3.63) is 6.33 Å². The van der Waals surface area contributed by atoms with Gasteiger partial charge < -0.3 is 9.64 Å². The molecule has 2 aliphatic rings. The topological polar surface area (TPSA) is 73.1 Å². The van der Waals surface area contributed by atoms with Gasteiger partial charge in [0, 0.05) is 39.3 Å². The molecule has 0 atom stereocenters. The summed E-state index contributed by atoms with van der Waals surface area (Å²) in [7, 11) is 0. The zero-order valence-electron chi connectivity index (χ0n) is 12.4. The average Bonchev–Trinajstić information content (AvgIpc) is 3.02. The van der Waals surface area contributed by atoms with Crippen molar-refractivity contribution in [3.8, 4) is 0 Å². The smallest absolute Gasteiger partial charge is 0.222 e. The zero-order valence-corrected chi connectivity index (χ0v) is 12.4. The van der Waals surface area contributed by atoms with Crippen LogP contribution in [0, 0.1) is 5.41 Å². The summed E-state index contributed by atoms with van der Waals surface area (Å²) < 4.78 is 7.13. The summed E-state index contributed by atoms with van der Waals surface area (Å²) in [5.74, 6) is 0.269. The summed E-state index contributed by atoms with van der Waals surface area (Å²) in [4.78, 5) is 14.3. The second-order valence-corrected chi connectivity index (χ2v) is 6.17. The number of hydrogen-bond acceptors (Lipinski definition) is 5. The Bertz CT molecular complexity index is 446. The summed E-state index contributed by atoms with van der Waals surface area (Å²) in [6, 6.07) is 0. The average molecular weight is 293 g/mol. The van der Waals surface area contributed by atoms with E-state index in [0.29, 0.717) is 18.4 Å². The number of aryl methyl sites for hydroxylation is 1. The number of nitrogens with zero attached hydrogens (tertiary/aromatic N) is 5. The Kier molecular flexibility index (Phi) is 4.48. The maximum atomic E-state index is 12.2. The molecule has 2 aliphatic heterocycles. The molecule has 1 spiro atoms. The summed E-state index contributed by atoms with van der Waals surface area (Å²) in [6.45, 7) is 4.29. The Morgan fingerprint density at radius 2 is 1.95 bits per heavy atom. The van der Waals surface area contributed by atoms with Crippen molar-refractivity contribution >= 4 is 5.91 Å². The summed E-state index contributed by atoms with van der Waals surface area (Å²) in [6.07, 6.45) is 7.54. The van der Waals surface area contributed by atoms with Crippen molar-refractivity contribution in [1.82, 2.24) is 25.1 Å². The maximum Gasteiger partial charge on any atom is 0.222 e. The van der Waals surface area contributed by atoms with E-state index >= 15 is 0 Å². The fraction of sp³-hybridized carbons (Fsp3) is 0.857. The van der Waals surface area contributed by atoms with Crippen LogP contribution < -0.4 is 0 Å². The number of ether oxygens (including phenoxy) is 1. The van der Waals surface area contributed by atoms with Gasteiger partial charge >= 0.3 is 0 Å². The lowest BCUT2D eigenvalue weighted by atomic mass is 9.72. The molecule has 0 aliphatic carbocycles. The molecular weight excluding hydrogens is 270 g/mol. The molecule has 2 saturated heterocycles. The summed E-state index contributed by atoms with van der Waals surface area (Å²) in [5, 5.41) is 11.0. The number of carbonyl (C=O) groups excluding carboxylic acids is 1. The number of tetrazole rings is 1. The van der Waals surface area contributed by atoms with Gasteiger partial charge in [-0.25, -0.2) is 4.68 Å². The van der Waals surface area contributed by atoms with Gasteiger partial charge in [0.2, 0.25) is 5.91 Å². The van der Waals surface area contributed by atoms with Crippen molar-refractivity contribution in [1.29, 1.82) is 0 Å². The van der Waals surface area contributed by atoms with E-state index in [4.69, 9.17) is 4.74 Å². The monoisotopic (exact) mass is 293 g/mol. The Labute approximate surface area is 124 Å². The normalized spacial score (nSPS) is 21.6. The van der Waals surface area contributed by atoms with Gasteiger partial charge in [-0.15, -0.1) is 5.10 Å².